The summed E-state index contributed by atoms with van der Waals surface area (Å²) in [7, 11) is 0. The fourth-order valence-corrected chi connectivity index (χ4v) is 2.78. The highest BCUT2D eigenvalue weighted by atomic mass is 16.5. The largest absolute Gasteiger partial charge is 0.378 e. The molecule has 0 radical (unpaired) electrons. The number of hydrogen-bond acceptors (Lipinski definition) is 5. The second kappa shape index (κ2) is 8.62. The SMILES string of the molecule is CCc1ccc(NC(=O)NCc2cc(C)nc(N3CCOCC3)n2)cc1. The molecule has 1 aliphatic heterocycles. The maximum absolute atomic E-state index is 12.1. The van der Waals surface area contributed by atoms with E-state index in [1.54, 1.807) is 0 Å². The summed E-state index contributed by atoms with van der Waals surface area (Å²) >= 11 is 0. The van der Waals surface area contributed by atoms with Gasteiger partial charge in [-0.15, -0.1) is 0 Å². The van der Waals surface area contributed by atoms with Crippen molar-refractivity contribution in [3.63, 3.8) is 0 Å². The van der Waals surface area contributed by atoms with Crippen molar-refractivity contribution in [3.05, 3.63) is 47.3 Å². The molecule has 1 fully saturated rings. The Hall–Kier alpha value is -2.67. The fraction of sp³-hybridized carbons (Fsp3) is 0.421. The molecule has 26 heavy (non-hydrogen) atoms. The molecule has 2 amide bonds. The number of nitrogens with zero attached hydrogens (tertiary/aromatic N) is 3. The number of aryl methyl sites for hydroxylation is 2. The lowest BCUT2D eigenvalue weighted by molar-refractivity contribution is 0.122. The number of anilines is 2. The lowest BCUT2D eigenvalue weighted by atomic mass is 10.1. The number of amides is 2. The van der Waals surface area contributed by atoms with E-state index in [0.29, 0.717) is 25.7 Å². The van der Waals surface area contributed by atoms with Crippen LogP contribution in [0.2, 0.25) is 0 Å². The lowest BCUT2D eigenvalue weighted by Crippen LogP contribution is -2.37. The predicted octanol–water partition coefficient (Wildman–Crippen LogP) is 2.51. The van der Waals surface area contributed by atoms with Gasteiger partial charge >= 0.3 is 6.03 Å². The minimum absolute atomic E-state index is 0.251. The van der Waals surface area contributed by atoms with Crippen molar-refractivity contribution in [2.45, 2.75) is 26.8 Å². The third-order valence-electron chi connectivity index (χ3n) is 4.24. The van der Waals surface area contributed by atoms with E-state index in [1.807, 2.05) is 37.3 Å². The summed E-state index contributed by atoms with van der Waals surface area (Å²) in [6.07, 6.45) is 0.977. The maximum Gasteiger partial charge on any atom is 0.319 e. The molecule has 7 nitrogen and oxygen atoms in total. The summed E-state index contributed by atoms with van der Waals surface area (Å²) in [6, 6.07) is 9.47. The fourth-order valence-electron chi connectivity index (χ4n) is 2.78. The van der Waals surface area contributed by atoms with E-state index >= 15 is 0 Å². The Kier molecular flexibility index (Phi) is 6.01. The van der Waals surface area contributed by atoms with Gasteiger partial charge in [0.05, 0.1) is 25.5 Å². The molecule has 0 bridgehead atoms. The van der Waals surface area contributed by atoms with Crippen LogP contribution in [0.3, 0.4) is 0 Å². The number of rotatable bonds is 5. The van der Waals surface area contributed by atoms with Crippen molar-refractivity contribution in [2.24, 2.45) is 0 Å². The van der Waals surface area contributed by atoms with E-state index in [9.17, 15) is 4.79 Å². The number of carbonyl (C=O) groups is 1. The second-order valence-electron chi connectivity index (χ2n) is 6.26. The third kappa shape index (κ3) is 4.92. The summed E-state index contributed by atoms with van der Waals surface area (Å²) in [5.74, 6) is 0.695. The Bertz CT molecular complexity index is 742. The predicted molar refractivity (Wildman–Crippen MR) is 101 cm³/mol. The topological polar surface area (TPSA) is 79.4 Å². The summed E-state index contributed by atoms with van der Waals surface area (Å²) in [6.45, 7) is 7.32. The molecule has 7 heteroatoms. The summed E-state index contributed by atoms with van der Waals surface area (Å²) in [5.41, 5.74) is 3.68. The number of morpholine rings is 1. The Labute approximate surface area is 153 Å². The van der Waals surface area contributed by atoms with Crippen molar-refractivity contribution in [1.29, 1.82) is 0 Å². The molecule has 0 spiro atoms. The number of urea groups is 1. The first-order chi connectivity index (χ1) is 12.6. The third-order valence-corrected chi connectivity index (χ3v) is 4.24. The highest BCUT2D eigenvalue weighted by Gasteiger charge is 2.15. The molecule has 1 aromatic carbocycles. The van der Waals surface area contributed by atoms with E-state index in [0.717, 1.165) is 36.6 Å². The van der Waals surface area contributed by atoms with Crippen LogP contribution in [0.15, 0.2) is 30.3 Å². The first kappa shape index (κ1) is 18.1. The van der Waals surface area contributed by atoms with Gasteiger partial charge in [0.15, 0.2) is 0 Å². The van der Waals surface area contributed by atoms with Gasteiger partial charge in [0.25, 0.3) is 0 Å². The van der Waals surface area contributed by atoms with Crippen molar-refractivity contribution < 1.29 is 9.53 Å². The molecule has 0 saturated carbocycles. The number of nitrogens with one attached hydrogen (secondary N) is 2. The van der Waals surface area contributed by atoms with Gasteiger partial charge in [0.2, 0.25) is 5.95 Å². The van der Waals surface area contributed by atoms with Crippen LogP contribution in [0.1, 0.15) is 23.9 Å². The molecule has 2 aromatic rings. The van der Waals surface area contributed by atoms with Crippen LogP contribution in [0, 0.1) is 6.92 Å². The Morgan fingerprint density at radius 3 is 2.62 bits per heavy atom. The van der Waals surface area contributed by atoms with E-state index in [1.165, 1.54) is 5.56 Å². The lowest BCUT2D eigenvalue weighted by Gasteiger charge is -2.27. The maximum atomic E-state index is 12.1. The van der Waals surface area contributed by atoms with Gasteiger partial charge in [-0.05, 0) is 37.1 Å². The van der Waals surface area contributed by atoms with Crippen molar-refractivity contribution in [2.75, 3.05) is 36.5 Å². The van der Waals surface area contributed by atoms with Crippen molar-refractivity contribution >= 4 is 17.7 Å². The van der Waals surface area contributed by atoms with Crippen LogP contribution in [0.4, 0.5) is 16.4 Å². The van der Waals surface area contributed by atoms with Gasteiger partial charge in [0, 0.05) is 24.5 Å². The summed E-state index contributed by atoms with van der Waals surface area (Å²) < 4.78 is 5.37. The van der Waals surface area contributed by atoms with Gasteiger partial charge in [-0.25, -0.2) is 14.8 Å². The zero-order valence-corrected chi connectivity index (χ0v) is 15.3. The van der Waals surface area contributed by atoms with Crippen molar-refractivity contribution in [1.82, 2.24) is 15.3 Å². The van der Waals surface area contributed by atoms with Crippen LogP contribution in [-0.2, 0) is 17.7 Å². The molecule has 1 aliphatic rings. The molecule has 138 valence electrons. The molecule has 1 aromatic heterocycles. The zero-order valence-electron chi connectivity index (χ0n) is 15.3. The number of aromatic nitrogens is 2. The normalized spacial score (nSPS) is 14.2. The van der Waals surface area contributed by atoms with Gasteiger partial charge in [-0.2, -0.15) is 0 Å². The Morgan fingerprint density at radius 2 is 1.92 bits per heavy atom. The molecule has 0 atom stereocenters. The summed E-state index contributed by atoms with van der Waals surface area (Å²) in [5, 5.41) is 5.69. The first-order valence-electron chi connectivity index (χ1n) is 8.95. The quantitative estimate of drug-likeness (QED) is 0.861. The molecular weight excluding hydrogens is 330 g/mol. The molecular formula is C19H25N5O2. The minimum atomic E-state index is -0.251. The zero-order chi connectivity index (χ0) is 18.4. The van der Waals surface area contributed by atoms with Crippen LogP contribution >= 0.6 is 0 Å². The Balaban J connectivity index is 1.57. The highest BCUT2D eigenvalue weighted by molar-refractivity contribution is 5.89. The summed E-state index contributed by atoms with van der Waals surface area (Å²) in [4.78, 5) is 23.3. The Morgan fingerprint density at radius 1 is 1.19 bits per heavy atom. The number of ether oxygens (including phenoxy) is 1. The van der Waals surface area contributed by atoms with Crippen LogP contribution in [0.25, 0.3) is 0 Å². The average molecular weight is 355 g/mol. The van der Waals surface area contributed by atoms with Crippen LogP contribution in [-0.4, -0.2) is 42.3 Å². The minimum Gasteiger partial charge on any atom is -0.378 e. The molecule has 0 aliphatic carbocycles. The van der Waals surface area contributed by atoms with E-state index in [4.69, 9.17) is 4.74 Å². The van der Waals surface area contributed by atoms with Gasteiger partial charge in [-0.1, -0.05) is 19.1 Å². The van der Waals surface area contributed by atoms with Gasteiger partial charge in [0.1, 0.15) is 0 Å². The number of carbonyl (C=O) groups excluding carboxylic acids is 1. The monoisotopic (exact) mass is 355 g/mol. The second-order valence-corrected chi connectivity index (χ2v) is 6.26. The first-order valence-corrected chi connectivity index (χ1v) is 8.95. The molecule has 3 rings (SSSR count). The van der Waals surface area contributed by atoms with Crippen LogP contribution < -0.4 is 15.5 Å². The number of benzene rings is 1. The number of hydrogen-bond donors (Lipinski definition) is 2. The van der Waals surface area contributed by atoms with Gasteiger partial charge < -0.3 is 20.3 Å². The standard InChI is InChI=1S/C19H25N5O2/c1-3-15-4-6-16(7-5-15)23-19(25)20-13-17-12-14(2)21-18(22-17)24-8-10-26-11-9-24/h4-7,12H,3,8-11,13H2,1-2H3,(H2,20,23,25). The molecule has 1 saturated heterocycles. The molecule has 0 unspecified atom stereocenters. The molecule has 2 heterocycles. The van der Waals surface area contributed by atoms with Crippen molar-refractivity contribution in [3.8, 4) is 0 Å². The molecule has 2 N–H and O–H groups in total. The average Bonchev–Trinajstić information content (AvgIpc) is 2.67. The van der Waals surface area contributed by atoms with Gasteiger partial charge in [-0.3, -0.25) is 0 Å². The van der Waals surface area contributed by atoms with E-state index in [-0.39, 0.29) is 6.03 Å². The van der Waals surface area contributed by atoms with Crippen LogP contribution in [0.5, 0.6) is 0 Å². The smallest absolute Gasteiger partial charge is 0.319 e. The van der Waals surface area contributed by atoms with E-state index in [2.05, 4.69) is 32.4 Å². The van der Waals surface area contributed by atoms with E-state index < -0.39 is 0 Å². The highest BCUT2D eigenvalue weighted by Crippen LogP contribution is 2.13.